The van der Waals surface area contributed by atoms with E-state index in [0.717, 1.165) is 27.2 Å². The van der Waals surface area contributed by atoms with Crippen molar-refractivity contribution in [2.75, 3.05) is 0 Å². The predicted molar refractivity (Wildman–Crippen MR) is 70.6 cm³/mol. The molecule has 0 aliphatic carbocycles. The average Bonchev–Trinajstić information content (AvgIpc) is 2.65. The van der Waals surface area contributed by atoms with Crippen molar-refractivity contribution in [3.8, 4) is 11.5 Å². The third-order valence-electron chi connectivity index (χ3n) is 2.21. The molecule has 0 fully saturated rings. The van der Waals surface area contributed by atoms with Crippen LogP contribution in [0.1, 0.15) is 5.56 Å². The lowest BCUT2D eigenvalue weighted by atomic mass is 10.3. The SMILES string of the molecule is ClC1=Nc2cc(Br)ccc2Oc2cscc21. The second-order valence-corrected chi connectivity index (χ2v) is 5.28. The molecule has 0 bridgehead atoms. The van der Waals surface area contributed by atoms with Crippen LogP contribution in [0.15, 0.2) is 38.4 Å². The zero-order chi connectivity index (χ0) is 11.1. The van der Waals surface area contributed by atoms with Gasteiger partial charge in [-0.25, -0.2) is 4.99 Å². The van der Waals surface area contributed by atoms with Gasteiger partial charge in [-0.3, -0.25) is 0 Å². The Labute approximate surface area is 110 Å². The number of aliphatic imine (C=N–C) groups is 1. The molecule has 16 heavy (non-hydrogen) atoms. The van der Waals surface area contributed by atoms with Crippen LogP contribution in [0.25, 0.3) is 0 Å². The lowest BCUT2D eigenvalue weighted by Crippen LogP contribution is -1.87. The minimum absolute atomic E-state index is 0.466. The number of nitrogens with zero attached hydrogens (tertiary/aromatic N) is 1. The summed E-state index contributed by atoms with van der Waals surface area (Å²) in [6.07, 6.45) is 0. The van der Waals surface area contributed by atoms with Crippen molar-refractivity contribution in [1.29, 1.82) is 0 Å². The molecular formula is C11H5BrClNOS. The molecule has 0 N–H and O–H groups in total. The van der Waals surface area contributed by atoms with Gasteiger partial charge in [0.15, 0.2) is 5.75 Å². The number of thiophene rings is 1. The maximum Gasteiger partial charge on any atom is 0.153 e. The van der Waals surface area contributed by atoms with Crippen LogP contribution in [-0.2, 0) is 0 Å². The van der Waals surface area contributed by atoms with Gasteiger partial charge in [0.2, 0.25) is 0 Å². The molecular weight excluding hydrogens is 310 g/mol. The molecule has 1 aliphatic rings. The fourth-order valence-electron chi connectivity index (χ4n) is 1.46. The Morgan fingerprint density at radius 1 is 1.25 bits per heavy atom. The molecule has 1 aromatic carbocycles. The van der Waals surface area contributed by atoms with Crippen LogP contribution in [0.3, 0.4) is 0 Å². The second-order valence-electron chi connectivity index (χ2n) is 3.27. The summed E-state index contributed by atoms with van der Waals surface area (Å²) >= 11 is 11.1. The number of ether oxygens (including phenoxy) is 1. The summed E-state index contributed by atoms with van der Waals surface area (Å²) in [5, 5.41) is 4.32. The molecule has 3 rings (SSSR count). The number of hydrogen-bond acceptors (Lipinski definition) is 3. The Morgan fingerprint density at radius 3 is 3.00 bits per heavy atom. The molecule has 2 heterocycles. The Morgan fingerprint density at radius 2 is 2.12 bits per heavy atom. The first-order valence-electron chi connectivity index (χ1n) is 4.52. The summed E-state index contributed by atoms with van der Waals surface area (Å²) in [5.74, 6) is 1.48. The van der Waals surface area contributed by atoms with Crippen molar-refractivity contribution >= 4 is 49.7 Å². The molecule has 80 valence electrons. The van der Waals surface area contributed by atoms with Crippen LogP contribution in [0.4, 0.5) is 5.69 Å². The number of rotatable bonds is 0. The van der Waals surface area contributed by atoms with Crippen molar-refractivity contribution in [1.82, 2.24) is 0 Å². The van der Waals surface area contributed by atoms with Gasteiger partial charge in [-0.2, -0.15) is 0 Å². The fourth-order valence-corrected chi connectivity index (χ4v) is 2.85. The minimum atomic E-state index is 0.466. The number of benzene rings is 1. The first-order chi connectivity index (χ1) is 7.74. The summed E-state index contributed by atoms with van der Waals surface area (Å²) in [6, 6.07) is 5.67. The maximum atomic E-state index is 6.13. The van der Waals surface area contributed by atoms with Crippen molar-refractivity contribution in [2.45, 2.75) is 0 Å². The van der Waals surface area contributed by atoms with E-state index in [0.29, 0.717) is 5.17 Å². The van der Waals surface area contributed by atoms with Gasteiger partial charge < -0.3 is 4.74 Å². The van der Waals surface area contributed by atoms with E-state index in [-0.39, 0.29) is 0 Å². The molecule has 0 saturated carbocycles. The smallest absolute Gasteiger partial charge is 0.153 e. The summed E-state index contributed by atoms with van der Waals surface area (Å²) in [4.78, 5) is 4.35. The number of fused-ring (bicyclic) bond motifs is 2. The summed E-state index contributed by atoms with van der Waals surface area (Å²) in [6.45, 7) is 0. The van der Waals surface area contributed by atoms with Crippen LogP contribution in [-0.4, -0.2) is 5.17 Å². The topological polar surface area (TPSA) is 21.6 Å². The highest BCUT2D eigenvalue weighted by Crippen LogP contribution is 2.40. The molecule has 0 radical (unpaired) electrons. The lowest BCUT2D eigenvalue weighted by Gasteiger charge is -2.04. The van der Waals surface area contributed by atoms with Crippen LogP contribution in [0.5, 0.6) is 11.5 Å². The monoisotopic (exact) mass is 313 g/mol. The number of halogens is 2. The molecule has 2 nitrogen and oxygen atoms in total. The highest BCUT2D eigenvalue weighted by molar-refractivity contribution is 9.10. The molecule has 2 aromatic rings. The largest absolute Gasteiger partial charge is 0.453 e. The third kappa shape index (κ3) is 1.67. The van der Waals surface area contributed by atoms with E-state index >= 15 is 0 Å². The van der Waals surface area contributed by atoms with Gasteiger partial charge >= 0.3 is 0 Å². The van der Waals surface area contributed by atoms with Crippen molar-refractivity contribution in [3.63, 3.8) is 0 Å². The van der Waals surface area contributed by atoms with Crippen molar-refractivity contribution in [3.05, 3.63) is 39.0 Å². The van der Waals surface area contributed by atoms with E-state index in [1.165, 1.54) is 0 Å². The predicted octanol–water partition coefficient (Wildman–Crippen LogP) is 4.93. The van der Waals surface area contributed by atoms with Crippen LogP contribution < -0.4 is 4.74 Å². The van der Waals surface area contributed by atoms with Gasteiger partial charge in [0, 0.05) is 15.2 Å². The normalized spacial score (nSPS) is 13.2. The van der Waals surface area contributed by atoms with Gasteiger partial charge in [0.05, 0.1) is 5.56 Å². The lowest BCUT2D eigenvalue weighted by molar-refractivity contribution is 0.487. The minimum Gasteiger partial charge on any atom is -0.453 e. The van der Waals surface area contributed by atoms with E-state index in [2.05, 4.69) is 20.9 Å². The first-order valence-corrected chi connectivity index (χ1v) is 6.63. The van der Waals surface area contributed by atoms with Crippen LogP contribution in [0.2, 0.25) is 0 Å². The zero-order valence-electron chi connectivity index (χ0n) is 7.91. The second kappa shape index (κ2) is 3.87. The van der Waals surface area contributed by atoms with Gasteiger partial charge in [-0.05, 0) is 18.2 Å². The molecule has 0 atom stereocenters. The van der Waals surface area contributed by atoms with Crippen molar-refractivity contribution < 1.29 is 4.74 Å². The van der Waals surface area contributed by atoms with Gasteiger partial charge in [-0.15, -0.1) is 11.3 Å². The standard InChI is InChI=1S/C11H5BrClNOS/c12-6-1-2-9-8(3-6)14-11(13)7-4-16-5-10(7)15-9/h1-5H. The van der Waals surface area contributed by atoms with Gasteiger partial charge in [-0.1, -0.05) is 27.5 Å². The highest BCUT2D eigenvalue weighted by Gasteiger charge is 2.17. The maximum absolute atomic E-state index is 6.13. The molecule has 0 unspecified atom stereocenters. The van der Waals surface area contributed by atoms with E-state index < -0.39 is 0 Å². The summed E-state index contributed by atoms with van der Waals surface area (Å²) < 4.78 is 6.71. The summed E-state index contributed by atoms with van der Waals surface area (Å²) in [7, 11) is 0. The van der Waals surface area contributed by atoms with Gasteiger partial charge in [0.25, 0.3) is 0 Å². The molecule has 1 aliphatic heterocycles. The Hall–Kier alpha value is -0.840. The van der Waals surface area contributed by atoms with E-state index in [1.807, 2.05) is 29.0 Å². The fraction of sp³-hybridized carbons (Fsp3) is 0. The van der Waals surface area contributed by atoms with E-state index in [9.17, 15) is 0 Å². The summed E-state index contributed by atoms with van der Waals surface area (Å²) in [5.41, 5.74) is 1.58. The average molecular weight is 315 g/mol. The Bertz CT molecular complexity index is 593. The Kier molecular flexibility index (Phi) is 2.50. The van der Waals surface area contributed by atoms with Crippen molar-refractivity contribution in [2.24, 2.45) is 4.99 Å². The molecule has 5 heteroatoms. The first kappa shape index (κ1) is 10.3. The third-order valence-corrected chi connectivity index (χ3v) is 3.71. The van der Waals surface area contributed by atoms with Gasteiger partial charge in [0.1, 0.15) is 16.6 Å². The molecule has 0 amide bonds. The molecule has 0 spiro atoms. The highest BCUT2D eigenvalue weighted by atomic mass is 79.9. The Balaban J connectivity index is 2.23. The van der Waals surface area contributed by atoms with Crippen LogP contribution >= 0.6 is 38.9 Å². The van der Waals surface area contributed by atoms with Crippen LogP contribution in [0, 0.1) is 0 Å². The van der Waals surface area contributed by atoms with E-state index in [4.69, 9.17) is 16.3 Å². The quantitative estimate of drug-likeness (QED) is 0.675. The van der Waals surface area contributed by atoms with E-state index in [1.54, 1.807) is 11.3 Å². The molecule has 1 aromatic heterocycles. The number of hydrogen-bond donors (Lipinski definition) is 0. The zero-order valence-corrected chi connectivity index (χ0v) is 11.1. The molecule has 0 saturated heterocycles.